The highest BCUT2D eigenvalue weighted by Gasteiger charge is 2.30. The molecule has 19 heavy (non-hydrogen) atoms. The summed E-state index contributed by atoms with van der Waals surface area (Å²) in [4.78, 5) is 1.72. The van der Waals surface area contributed by atoms with Crippen molar-refractivity contribution in [3.8, 4) is 0 Å². The first-order chi connectivity index (χ1) is 8.94. The Morgan fingerprint density at radius 3 is 2.21 bits per heavy atom. The molecular formula is C12H16F2N2O2S. The van der Waals surface area contributed by atoms with Gasteiger partial charge in [-0.25, -0.2) is 17.2 Å². The van der Waals surface area contributed by atoms with Gasteiger partial charge in [0.05, 0.1) is 17.5 Å². The second-order valence-corrected chi connectivity index (χ2v) is 6.88. The lowest BCUT2D eigenvalue weighted by Gasteiger charge is -2.34. The zero-order valence-corrected chi connectivity index (χ0v) is 11.2. The average Bonchev–Trinajstić information content (AvgIpc) is 2.35. The van der Waals surface area contributed by atoms with E-state index >= 15 is 0 Å². The third-order valence-corrected chi connectivity index (χ3v) is 4.99. The minimum absolute atomic E-state index is 0.000425. The van der Waals surface area contributed by atoms with Gasteiger partial charge in [0.15, 0.2) is 9.84 Å². The van der Waals surface area contributed by atoms with E-state index in [2.05, 4.69) is 0 Å². The Kier molecular flexibility index (Phi) is 4.17. The molecule has 0 radical (unpaired) electrons. The van der Waals surface area contributed by atoms with E-state index in [9.17, 15) is 17.2 Å². The van der Waals surface area contributed by atoms with Crippen LogP contribution in [0.25, 0.3) is 0 Å². The van der Waals surface area contributed by atoms with E-state index in [1.54, 1.807) is 4.90 Å². The summed E-state index contributed by atoms with van der Waals surface area (Å²) in [6.45, 7) is 0.536. The Balaban J connectivity index is 2.26. The number of rotatable bonds is 3. The van der Waals surface area contributed by atoms with Gasteiger partial charge in [0.2, 0.25) is 0 Å². The minimum Gasteiger partial charge on any atom is -0.329 e. The third kappa shape index (κ3) is 3.10. The van der Waals surface area contributed by atoms with E-state index in [0.717, 1.165) is 0 Å². The van der Waals surface area contributed by atoms with Crippen molar-refractivity contribution in [1.82, 2.24) is 4.90 Å². The monoisotopic (exact) mass is 290 g/mol. The van der Waals surface area contributed by atoms with E-state index < -0.39 is 27.5 Å². The molecule has 2 rings (SSSR count). The first kappa shape index (κ1) is 14.4. The van der Waals surface area contributed by atoms with Crippen LogP contribution in [0.5, 0.6) is 0 Å². The van der Waals surface area contributed by atoms with Crippen LogP contribution in [0.2, 0.25) is 0 Å². The van der Waals surface area contributed by atoms with Crippen LogP contribution < -0.4 is 5.73 Å². The van der Waals surface area contributed by atoms with Crippen LogP contribution in [-0.4, -0.2) is 44.5 Å². The molecule has 106 valence electrons. The van der Waals surface area contributed by atoms with E-state index in [1.807, 2.05) is 0 Å². The highest BCUT2D eigenvalue weighted by Crippen LogP contribution is 2.26. The molecule has 1 aliphatic heterocycles. The Hall–Kier alpha value is -1.05. The summed E-state index contributed by atoms with van der Waals surface area (Å²) >= 11 is 0. The molecule has 4 nitrogen and oxygen atoms in total. The Labute approximate surface area is 111 Å². The zero-order chi connectivity index (χ0) is 14.0. The Bertz CT molecular complexity index is 529. The number of nitrogens with two attached hydrogens (primary N) is 1. The molecule has 1 aromatic carbocycles. The molecule has 0 aliphatic carbocycles. The summed E-state index contributed by atoms with van der Waals surface area (Å²) in [5, 5.41) is 0. The van der Waals surface area contributed by atoms with Crippen molar-refractivity contribution in [3.63, 3.8) is 0 Å². The molecule has 0 bridgehead atoms. The van der Waals surface area contributed by atoms with Gasteiger partial charge in [-0.3, -0.25) is 4.90 Å². The normalized spacial score (nSPS) is 21.2. The second-order valence-electron chi connectivity index (χ2n) is 4.57. The van der Waals surface area contributed by atoms with E-state index in [1.165, 1.54) is 18.2 Å². The molecule has 1 aromatic rings. The minimum atomic E-state index is -3.03. The number of nitrogens with zero attached hydrogens (tertiary/aromatic N) is 1. The SMILES string of the molecule is NCC(c1c(F)cccc1F)N1CCS(=O)(=O)CC1. The molecule has 0 saturated carbocycles. The summed E-state index contributed by atoms with van der Waals surface area (Å²) in [7, 11) is -3.03. The van der Waals surface area contributed by atoms with Gasteiger partial charge in [-0.05, 0) is 12.1 Å². The maximum absolute atomic E-state index is 13.8. The zero-order valence-electron chi connectivity index (χ0n) is 10.4. The molecule has 1 fully saturated rings. The summed E-state index contributed by atoms with van der Waals surface area (Å²) in [5.74, 6) is -1.30. The summed E-state index contributed by atoms with van der Waals surface area (Å²) in [6.07, 6.45) is 0. The van der Waals surface area contributed by atoms with Gasteiger partial charge in [-0.1, -0.05) is 6.07 Å². The van der Waals surface area contributed by atoms with Gasteiger partial charge in [0.1, 0.15) is 11.6 Å². The van der Waals surface area contributed by atoms with Crippen LogP contribution in [0.4, 0.5) is 8.78 Å². The van der Waals surface area contributed by atoms with Crippen LogP contribution in [0, 0.1) is 11.6 Å². The lowest BCUT2D eigenvalue weighted by Crippen LogP contribution is -2.45. The lowest BCUT2D eigenvalue weighted by molar-refractivity contribution is 0.210. The maximum Gasteiger partial charge on any atom is 0.152 e. The molecule has 0 spiro atoms. The molecule has 7 heteroatoms. The van der Waals surface area contributed by atoms with Crippen molar-refractivity contribution in [2.75, 3.05) is 31.1 Å². The highest BCUT2D eigenvalue weighted by molar-refractivity contribution is 7.91. The number of benzene rings is 1. The molecular weight excluding hydrogens is 274 g/mol. The fourth-order valence-electron chi connectivity index (χ4n) is 2.32. The Morgan fingerprint density at radius 1 is 1.21 bits per heavy atom. The standard InChI is InChI=1S/C12H16F2N2O2S/c13-9-2-1-3-10(14)12(9)11(8-15)16-4-6-19(17,18)7-5-16/h1-3,11H,4-8,15H2. The van der Waals surface area contributed by atoms with Gasteiger partial charge in [0.25, 0.3) is 0 Å². The fourth-order valence-corrected chi connectivity index (χ4v) is 3.55. The topological polar surface area (TPSA) is 63.4 Å². The first-order valence-corrected chi connectivity index (χ1v) is 7.85. The van der Waals surface area contributed by atoms with Gasteiger partial charge >= 0.3 is 0 Å². The number of hydrogen-bond acceptors (Lipinski definition) is 4. The van der Waals surface area contributed by atoms with Crippen molar-refractivity contribution in [3.05, 3.63) is 35.4 Å². The number of sulfone groups is 1. The third-order valence-electron chi connectivity index (χ3n) is 3.38. The van der Waals surface area contributed by atoms with Crippen molar-refractivity contribution in [2.45, 2.75) is 6.04 Å². The summed E-state index contributed by atoms with van der Waals surface area (Å²) < 4.78 is 50.3. The number of hydrogen-bond donors (Lipinski definition) is 1. The fraction of sp³-hybridized carbons (Fsp3) is 0.500. The molecule has 1 aliphatic rings. The summed E-state index contributed by atoms with van der Waals surface area (Å²) in [6, 6.07) is 3.03. The van der Waals surface area contributed by atoms with Crippen molar-refractivity contribution in [2.24, 2.45) is 5.73 Å². The molecule has 1 heterocycles. The van der Waals surface area contributed by atoms with Gasteiger partial charge in [0, 0.05) is 25.2 Å². The molecule has 2 N–H and O–H groups in total. The quantitative estimate of drug-likeness (QED) is 0.890. The van der Waals surface area contributed by atoms with Crippen molar-refractivity contribution >= 4 is 9.84 Å². The summed E-state index contributed by atoms with van der Waals surface area (Å²) in [5.41, 5.74) is 5.54. The molecule has 0 amide bonds. The maximum atomic E-state index is 13.8. The molecule has 1 atom stereocenters. The van der Waals surface area contributed by atoms with Crippen LogP contribution >= 0.6 is 0 Å². The van der Waals surface area contributed by atoms with Crippen LogP contribution in [0.3, 0.4) is 0 Å². The highest BCUT2D eigenvalue weighted by atomic mass is 32.2. The predicted octanol–water partition coefficient (Wildman–Crippen LogP) is 0.695. The van der Waals surface area contributed by atoms with E-state index in [0.29, 0.717) is 0 Å². The number of halogens is 2. The average molecular weight is 290 g/mol. The van der Waals surface area contributed by atoms with Gasteiger partial charge in [-0.15, -0.1) is 0 Å². The molecule has 0 aromatic heterocycles. The van der Waals surface area contributed by atoms with Crippen LogP contribution in [-0.2, 0) is 9.84 Å². The van der Waals surface area contributed by atoms with E-state index in [4.69, 9.17) is 5.73 Å². The molecule has 1 unspecified atom stereocenters. The first-order valence-electron chi connectivity index (χ1n) is 6.03. The largest absolute Gasteiger partial charge is 0.329 e. The molecule has 1 saturated heterocycles. The lowest BCUT2D eigenvalue weighted by atomic mass is 10.0. The van der Waals surface area contributed by atoms with Gasteiger partial charge in [-0.2, -0.15) is 0 Å². The van der Waals surface area contributed by atoms with Gasteiger partial charge < -0.3 is 5.73 Å². The van der Waals surface area contributed by atoms with Crippen LogP contribution in [0.1, 0.15) is 11.6 Å². The Morgan fingerprint density at radius 2 is 1.74 bits per heavy atom. The van der Waals surface area contributed by atoms with Crippen LogP contribution in [0.15, 0.2) is 18.2 Å². The van der Waals surface area contributed by atoms with Crippen molar-refractivity contribution in [1.29, 1.82) is 0 Å². The van der Waals surface area contributed by atoms with E-state index in [-0.39, 0.29) is 36.7 Å². The predicted molar refractivity (Wildman–Crippen MR) is 68.4 cm³/mol. The second kappa shape index (κ2) is 5.52. The van der Waals surface area contributed by atoms with Crippen molar-refractivity contribution < 1.29 is 17.2 Å². The smallest absolute Gasteiger partial charge is 0.152 e.